The molecule has 0 saturated carbocycles. The molecule has 4 heterocycles. The maximum absolute atomic E-state index is 17.9. The Morgan fingerprint density at radius 1 is 0.212 bits per heavy atom. The minimum atomic E-state index is -1.26. The van der Waals surface area contributed by atoms with Crippen LogP contribution in [0.3, 0.4) is 0 Å². The summed E-state index contributed by atoms with van der Waals surface area (Å²) in [7, 11) is 0. The van der Waals surface area contributed by atoms with Gasteiger partial charge in [-0.15, -0.1) is 0 Å². The number of benzene rings is 21. The Morgan fingerprint density at radius 3 is 0.577 bits per heavy atom. The summed E-state index contributed by atoms with van der Waals surface area (Å²) in [4.78, 5) is 49.5. The summed E-state index contributed by atoms with van der Waals surface area (Å²) in [6.07, 6.45) is 0. The highest BCUT2D eigenvalue weighted by atomic mass is 16.5. The molecule has 6 nitrogen and oxygen atoms in total. The molecule has 0 aromatic heterocycles. The van der Waals surface area contributed by atoms with Crippen LogP contribution in [0.1, 0.15) is 77.9 Å². The van der Waals surface area contributed by atoms with Gasteiger partial charge in [-0.25, -0.2) is 9.59 Å². The molecule has 29 aromatic rings. The van der Waals surface area contributed by atoms with Crippen LogP contribution in [0.2, 0.25) is 0 Å². The van der Waals surface area contributed by atoms with E-state index in [1.54, 1.807) is 0 Å². The van der Waals surface area contributed by atoms with Gasteiger partial charge in [-0.2, -0.15) is 0 Å². The molecular weight excluding hydrogens is 1270 g/mol. The topological polar surface area (TPSA) is 77.3 Å². The van der Waals surface area contributed by atoms with Crippen molar-refractivity contribution in [1.82, 2.24) is 0 Å². The number of carbonyl (C=O) groups is 2. The molecule has 0 fully saturated rings. The van der Waals surface area contributed by atoms with E-state index in [4.69, 9.17) is 19.5 Å². The minimum absolute atomic E-state index is 0.0330. The van der Waals surface area contributed by atoms with Gasteiger partial charge in [0.25, 0.3) is 0 Å². The van der Waals surface area contributed by atoms with Crippen LogP contribution < -0.4 is 0 Å². The highest BCUT2D eigenvalue weighted by molar-refractivity contribution is 6.79. The van der Waals surface area contributed by atoms with Gasteiger partial charge in [0, 0.05) is 0 Å². The fourth-order valence-electron chi connectivity index (χ4n) is 32.5. The number of ether oxygens (including phenoxy) is 2. The van der Waals surface area contributed by atoms with Crippen LogP contribution in [0.4, 0.5) is 0 Å². The van der Waals surface area contributed by atoms with Crippen molar-refractivity contribution >= 4 is 282 Å². The van der Waals surface area contributed by atoms with Gasteiger partial charge in [-0.05, 0) is 336 Å². The number of hydrogen-bond donors (Lipinski definition) is 0. The second-order valence-corrected chi connectivity index (χ2v) is 34.8. The molecule has 4 atom stereocenters. The van der Waals surface area contributed by atoms with Crippen LogP contribution in [0.25, 0.3) is 259 Å². The summed E-state index contributed by atoms with van der Waals surface area (Å²) in [6, 6.07) is 54.1. The van der Waals surface area contributed by atoms with Crippen molar-refractivity contribution in [1.29, 1.82) is 0 Å². The van der Waals surface area contributed by atoms with Crippen molar-refractivity contribution in [2.24, 2.45) is 9.98 Å². The number of hydrogen-bond acceptors (Lipinski definition) is 6. The number of rotatable bonds is 4. The molecule has 6 heteroatoms. The lowest BCUT2D eigenvalue weighted by Crippen LogP contribution is -2.62. The van der Waals surface area contributed by atoms with Crippen molar-refractivity contribution in [2.45, 2.75) is 46.0 Å². The van der Waals surface area contributed by atoms with Gasteiger partial charge < -0.3 is 9.47 Å². The summed E-state index contributed by atoms with van der Waals surface area (Å²) in [5.41, 5.74) is 10.7. The highest BCUT2D eigenvalue weighted by Gasteiger charge is 2.85. The molecule has 8 aliphatic carbocycles. The molecule has 0 N–H and O–H groups in total. The third kappa shape index (κ3) is 2.80. The van der Waals surface area contributed by atoms with Gasteiger partial charge in [0.05, 0.1) is 21.7 Å². The fraction of sp³-hybridized carbons (Fsp3) is 0.0816. The maximum atomic E-state index is 17.9. The summed E-state index contributed by atoms with van der Waals surface area (Å²) in [5.74, 6) is -0.710. The Balaban J connectivity index is 0.954. The largest absolute Gasteiger partial charge is 0.456 e. The zero-order chi connectivity index (χ0) is 64.3. The lowest BCUT2D eigenvalue weighted by atomic mass is 9.41. The first-order valence-electron chi connectivity index (χ1n) is 37.5. The summed E-state index contributed by atoms with van der Waals surface area (Å²) >= 11 is 0. The molecule has 10 bridgehead atoms. The maximum Gasteiger partial charge on any atom is 0.353 e. The van der Waals surface area contributed by atoms with Gasteiger partial charge in [0.2, 0.25) is 0 Å². The molecule has 4 spiro atoms. The number of nitrogens with zero attached hydrogens (tertiary/aromatic N) is 2. The van der Waals surface area contributed by atoms with Crippen LogP contribution in [-0.2, 0) is 65.0 Å². The molecule has 0 amide bonds. The van der Waals surface area contributed by atoms with Crippen molar-refractivity contribution in [3.63, 3.8) is 0 Å². The third-order valence-corrected chi connectivity index (χ3v) is 33.4. The minimum Gasteiger partial charge on any atom is -0.456 e. The van der Waals surface area contributed by atoms with Gasteiger partial charge in [-0.3, -0.25) is 9.98 Å². The number of fused-ring (bicyclic) bond motifs is 6. The zero-order valence-electron chi connectivity index (χ0n) is 53.8. The molecule has 12 aliphatic rings. The zero-order valence-corrected chi connectivity index (χ0v) is 53.8. The van der Waals surface area contributed by atoms with Crippen molar-refractivity contribution < 1.29 is 19.1 Å². The Labute approximate surface area is 576 Å². The monoisotopic (exact) mass is 1300 g/mol. The standard InChI is InChI=1S/C98H28N2O4/c101-91-89-93-81-65-49-37-35-33-34-36-38-40-46-57-43(36)51(41(33)49)69(81)74(57)86-79-58(46)48-55(40)78-77-54(38)44(34)56-42(35)52-45-39(37)50-47-53(45)67-68-61-59(47)71(83(93)66(50)65)76-64(61)62-63(80(79)88(76)96(86,93)98(99-89,31-17-9-3-10-18-31)32-19-11-4-12-20-32)60(48)75-72(62)84(68)94-82(67)70(52)73(56)85(77)95(94,87(75)78)97(29-13-5-1-6-14-29,30-15-7-2-8-16-30)100-90(94)92(102)104-26-28-23-21-27(22-24-28)25-103-91/h1-24H,25-26H2. The van der Waals surface area contributed by atoms with Gasteiger partial charge >= 0.3 is 11.9 Å². The van der Waals surface area contributed by atoms with Crippen LogP contribution in [-0.4, -0.2) is 23.4 Å². The lowest BCUT2D eigenvalue weighted by molar-refractivity contribution is -0.138. The number of carbonyl (C=O) groups excluding carboxylic acids is 2. The van der Waals surface area contributed by atoms with Crippen LogP contribution in [0.5, 0.6) is 0 Å². The quantitative estimate of drug-likeness (QED) is 0.130. The number of esters is 2. The molecular formula is C98H28N2O4. The molecule has 29 aromatic carbocycles. The van der Waals surface area contributed by atoms with Crippen molar-refractivity contribution in [3.8, 4) is 0 Å². The first-order chi connectivity index (χ1) is 51.6. The second-order valence-electron chi connectivity index (χ2n) is 34.8. The predicted molar refractivity (Wildman–Crippen MR) is 415 cm³/mol. The molecule has 4 unspecified atom stereocenters. The summed E-state index contributed by atoms with van der Waals surface area (Å²) in [6.45, 7) is 0.0660. The predicted octanol–water partition coefficient (Wildman–Crippen LogP) is 21.5. The molecule has 454 valence electrons. The normalized spacial score (nSPS) is 24.3. The average Bonchev–Trinajstić information content (AvgIpc) is 1.37. The smallest absolute Gasteiger partial charge is 0.353 e. The fourth-order valence-corrected chi connectivity index (χ4v) is 32.5. The van der Waals surface area contributed by atoms with Crippen LogP contribution in [0, 0.1) is 0 Å². The SMILES string of the molecule is O=C1OCc2ccc(cc2)COC(=O)C2=NC(c3ccccc3)(c3ccccc3)C34c5c6c7c8c9c%10c(c%11c%12c3c3c5c5c%13c6c6c%14c%15c%16c%17c%18c%19c%20c%21c%22c%23c(c%14c%13c%13c%23c%14c%22c%22c%20c%20c%23c%19c(c%17c9c%16c76)c%10c%23c%11c6c%12c7c3c(c5%13)c%14c7c%22c6%20)C%153C(c5ccccc5)(c5ccccc5)N=C1C%18%213)C284. The van der Waals surface area contributed by atoms with E-state index in [1.165, 1.54) is 303 Å². The van der Waals surface area contributed by atoms with E-state index in [0.717, 1.165) is 33.4 Å². The first kappa shape index (κ1) is 44.4. The van der Waals surface area contributed by atoms with Crippen LogP contribution in [0.15, 0.2) is 156 Å². The molecule has 41 rings (SSSR count). The Bertz CT molecular complexity index is 9660. The number of aliphatic imine (C=N–C) groups is 2. The van der Waals surface area contributed by atoms with Gasteiger partial charge in [-0.1, -0.05) is 146 Å². The summed E-state index contributed by atoms with van der Waals surface area (Å²) < 4.78 is 14.6. The summed E-state index contributed by atoms with van der Waals surface area (Å²) in [5, 5.41) is 67.2. The Kier molecular flexibility index (Phi) is 4.84. The first-order valence-corrected chi connectivity index (χ1v) is 37.5. The lowest BCUT2D eigenvalue weighted by Gasteiger charge is -2.57. The van der Waals surface area contributed by atoms with Crippen molar-refractivity contribution in [2.75, 3.05) is 0 Å². The van der Waals surface area contributed by atoms with E-state index in [-0.39, 0.29) is 25.2 Å². The third-order valence-electron chi connectivity index (χ3n) is 33.4. The van der Waals surface area contributed by atoms with E-state index < -0.39 is 32.7 Å². The Morgan fingerprint density at radius 2 is 0.385 bits per heavy atom. The molecule has 104 heavy (non-hydrogen) atoms. The van der Waals surface area contributed by atoms with E-state index in [0.29, 0.717) is 11.4 Å². The Hall–Kier alpha value is -12.9. The van der Waals surface area contributed by atoms with Crippen LogP contribution >= 0.6 is 0 Å². The average molecular weight is 1300 g/mol. The molecule has 4 aliphatic heterocycles. The molecule has 0 radical (unpaired) electrons. The van der Waals surface area contributed by atoms with Crippen molar-refractivity contribution in [3.05, 3.63) is 223 Å². The second kappa shape index (κ2) is 11.3. The van der Waals surface area contributed by atoms with Gasteiger partial charge in [0.15, 0.2) is 0 Å². The van der Waals surface area contributed by atoms with E-state index in [2.05, 4.69) is 146 Å². The highest BCUT2D eigenvalue weighted by Crippen LogP contribution is 2.92. The van der Waals surface area contributed by atoms with E-state index in [9.17, 15) is 0 Å². The van der Waals surface area contributed by atoms with E-state index in [1.807, 2.05) is 0 Å². The van der Waals surface area contributed by atoms with E-state index >= 15 is 9.59 Å². The van der Waals surface area contributed by atoms with Gasteiger partial charge in [0.1, 0.15) is 35.7 Å². The molecule has 0 saturated heterocycles.